The van der Waals surface area contributed by atoms with Crippen molar-refractivity contribution in [2.24, 2.45) is 0 Å². The molecule has 0 aliphatic heterocycles. The minimum atomic E-state index is -0.359. The van der Waals surface area contributed by atoms with Gasteiger partial charge in [0.15, 0.2) is 6.61 Å². The molecule has 6 heteroatoms. The number of hydrogen-bond acceptors (Lipinski definition) is 5. The molecule has 0 aromatic heterocycles. The highest BCUT2D eigenvalue weighted by molar-refractivity contribution is 5.92. The number of carbonyl (C=O) groups excluding carboxylic acids is 2. The molecule has 1 amide bonds. The van der Waals surface area contributed by atoms with Gasteiger partial charge >= 0.3 is 5.97 Å². The quantitative estimate of drug-likeness (QED) is 0.547. The minimum absolute atomic E-state index is 0.133. The number of unbranched alkanes of at least 4 members (excludes halogenated alkanes) is 1. The van der Waals surface area contributed by atoms with Gasteiger partial charge in [-0.3, -0.25) is 4.79 Å². The van der Waals surface area contributed by atoms with Crippen LogP contribution in [0.1, 0.15) is 30.1 Å². The van der Waals surface area contributed by atoms with E-state index in [2.05, 4.69) is 5.32 Å². The molecule has 6 nitrogen and oxygen atoms in total. The lowest BCUT2D eigenvalue weighted by Crippen LogP contribution is -2.20. The number of anilines is 1. The number of nitrogens with one attached hydrogen (secondary N) is 1. The number of esters is 1. The smallest absolute Gasteiger partial charge is 0.338 e. The number of rotatable bonds is 9. The minimum Gasteiger partial charge on any atom is -0.497 e. The molecule has 0 saturated carbocycles. The van der Waals surface area contributed by atoms with Gasteiger partial charge in [-0.1, -0.05) is 13.3 Å². The van der Waals surface area contributed by atoms with Crippen molar-refractivity contribution in [2.75, 3.05) is 25.6 Å². The SMILES string of the molecule is CCCCOC(=O)c1ccc(OCC(=O)Nc2ccc(OC)cc2)cc1. The van der Waals surface area contributed by atoms with Gasteiger partial charge in [-0.25, -0.2) is 4.79 Å². The Bertz CT molecular complexity index is 710. The van der Waals surface area contributed by atoms with Crippen LogP contribution in [0.5, 0.6) is 11.5 Å². The Morgan fingerprint density at radius 1 is 0.962 bits per heavy atom. The predicted octanol–water partition coefficient (Wildman–Crippen LogP) is 3.67. The van der Waals surface area contributed by atoms with E-state index >= 15 is 0 Å². The van der Waals surface area contributed by atoms with Crippen molar-refractivity contribution >= 4 is 17.6 Å². The Morgan fingerprint density at radius 2 is 1.62 bits per heavy atom. The fourth-order valence-electron chi connectivity index (χ4n) is 2.10. The summed E-state index contributed by atoms with van der Waals surface area (Å²) in [5.41, 5.74) is 1.11. The summed E-state index contributed by atoms with van der Waals surface area (Å²) in [6, 6.07) is 13.5. The molecule has 138 valence electrons. The average molecular weight is 357 g/mol. The van der Waals surface area contributed by atoms with Crippen LogP contribution in [-0.2, 0) is 9.53 Å². The molecule has 1 N–H and O–H groups in total. The van der Waals surface area contributed by atoms with E-state index in [1.54, 1.807) is 55.6 Å². The highest BCUT2D eigenvalue weighted by atomic mass is 16.5. The monoisotopic (exact) mass is 357 g/mol. The first-order valence-corrected chi connectivity index (χ1v) is 8.46. The third-order valence-electron chi connectivity index (χ3n) is 3.56. The molecular formula is C20H23NO5. The maximum Gasteiger partial charge on any atom is 0.338 e. The summed E-state index contributed by atoms with van der Waals surface area (Å²) in [7, 11) is 1.58. The Hall–Kier alpha value is -3.02. The van der Waals surface area contributed by atoms with Gasteiger partial charge < -0.3 is 19.5 Å². The molecule has 0 radical (unpaired) electrons. The molecule has 0 unspecified atom stereocenters. The summed E-state index contributed by atoms with van der Waals surface area (Å²) in [6.45, 7) is 2.32. The van der Waals surface area contributed by atoms with E-state index in [1.807, 2.05) is 6.92 Å². The molecule has 2 aromatic carbocycles. The zero-order valence-corrected chi connectivity index (χ0v) is 15.0. The van der Waals surface area contributed by atoms with Gasteiger partial charge in [0.1, 0.15) is 11.5 Å². The average Bonchev–Trinajstić information content (AvgIpc) is 2.67. The van der Waals surface area contributed by atoms with Crippen molar-refractivity contribution in [2.45, 2.75) is 19.8 Å². The van der Waals surface area contributed by atoms with Crippen molar-refractivity contribution in [1.82, 2.24) is 0 Å². The van der Waals surface area contributed by atoms with Crippen LogP contribution >= 0.6 is 0 Å². The summed E-state index contributed by atoms with van der Waals surface area (Å²) >= 11 is 0. The molecule has 0 atom stereocenters. The number of methoxy groups -OCH3 is 1. The van der Waals surface area contributed by atoms with Crippen LogP contribution in [0.4, 0.5) is 5.69 Å². The lowest BCUT2D eigenvalue weighted by Gasteiger charge is -2.09. The van der Waals surface area contributed by atoms with Gasteiger partial charge in [-0.05, 0) is 55.0 Å². The second-order valence-corrected chi connectivity index (χ2v) is 5.58. The predicted molar refractivity (Wildman–Crippen MR) is 98.8 cm³/mol. The zero-order chi connectivity index (χ0) is 18.8. The maximum atomic E-state index is 11.9. The van der Waals surface area contributed by atoms with Crippen molar-refractivity contribution in [3.63, 3.8) is 0 Å². The van der Waals surface area contributed by atoms with Gasteiger partial charge in [-0.2, -0.15) is 0 Å². The topological polar surface area (TPSA) is 73.9 Å². The second kappa shape index (κ2) is 10.1. The van der Waals surface area contributed by atoms with E-state index in [9.17, 15) is 9.59 Å². The Kier molecular flexibility index (Phi) is 7.49. The van der Waals surface area contributed by atoms with E-state index in [-0.39, 0.29) is 18.5 Å². The third kappa shape index (κ3) is 6.12. The van der Waals surface area contributed by atoms with Crippen LogP contribution in [0.25, 0.3) is 0 Å². The van der Waals surface area contributed by atoms with Crippen LogP contribution in [0.2, 0.25) is 0 Å². The van der Waals surface area contributed by atoms with Gasteiger partial charge in [0.05, 0.1) is 19.3 Å². The first kappa shape index (κ1) is 19.3. The number of hydrogen-bond donors (Lipinski definition) is 1. The summed E-state index contributed by atoms with van der Waals surface area (Å²) in [5, 5.41) is 2.73. The molecule has 2 rings (SSSR count). The molecule has 0 bridgehead atoms. The molecule has 0 saturated heterocycles. The zero-order valence-electron chi connectivity index (χ0n) is 15.0. The molecule has 2 aromatic rings. The van der Waals surface area contributed by atoms with Gasteiger partial charge in [0, 0.05) is 5.69 Å². The van der Waals surface area contributed by atoms with Gasteiger partial charge in [0.2, 0.25) is 0 Å². The number of carbonyl (C=O) groups is 2. The van der Waals surface area contributed by atoms with Crippen LogP contribution in [0.15, 0.2) is 48.5 Å². The first-order chi connectivity index (χ1) is 12.6. The molecule has 0 spiro atoms. The second-order valence-electron chi connectivity index (χ2n) is 5.58. The molecule has 0 fully saturated rings. The molecular weight excluding hydrogens is 334 g/mol. The van der Waals surface area contributed by atoms with E-state index in [0.717, 1.165) is 12.8 Å². The molecule has 26 heavy (non-hydrogen) atoms. The highest BCUT2D eigenvalue weighted by Crippen LogP contribution is 2.16. The van der Waals surface area contributed by atoms with Gasteiger partial charge in [0.25, 0.3) is 5.91 Å². The molecule has 0 heterocycles. The highest BCUT2D eigenvalue weighted by Gasteiger charge is 2.08. The van der Waals surface area contributed by atoms with Crippen LogP contribution in [0, 0.1) is 0 Å². The lowest BCUT2D eigenvalue weighted by molar-refractivity contribution is -0.118. The van der Waals surface area contributed by atoms with Crippen molar-refractivity contribution in [1.29, 1.82) is 0 Å². The molecule has 0 aliphatic carbocycles. The standard InChI is InChI=1S/C20H23NO5/c1-3-4-13-25-20(23)15-5-9-18(10-6-15)26-14-19(22)21-16-7-11-17(24-2)12-8-16/h5-12H,3-4,13-14H2,1-2H3,(H,21,22). The van der Waals surface area contributed by atoms with E-state index in [4.69, 9.17) is 14.2 Å². The Labute approximate surface area is 153 Å². The summed E-state index contributed by atoms with van der Waals surface area (Å²) in [5.74, 6) is 0.577. The van der Waals surface area contributed by atoms with Crippen LogP contribution < -0.4 is 14.8 Å². The van der Waals surface area contributed by atoms with Crippen molar-refractivity contribution in [3.05, 3.63) is 54.1 Å². The number of ether oxygens (including phenoxy) is 3. The number of benzene rings is 2. The van der Waals surface area contributed by atoms with E-state index in [0.29, 0.717) is 29.4 Å². The first-order valence-electron chi connectivity index (χ1n) is 8.46. The van der Waals surface area contributed by atoms with E-state index in [1.165, 1.54) is 0 Å². The summed E-state index contributed by atoms with van der Waals surface area (Å²) in [4.78, 5) is 23.7. The number of amides is 1. The fourth-order valence-corrected chi connectivity index (χ4v) is 2.10. The van der Waals surface area contributed by atoms with Crippen LogP contribution in [0.3, 0.4) is 0 Å². The van der Waals surface area contributed by atoms with Gasteiger partial charge in [-0.15, -0.1) is 0 Å². The van der Waals surface area contributed by atoms with Crippen molar-refractivity contribution in [3.8, 4) is 11.5 Å². The molecule has 0 aliphatic rings. The van der Waals surface area contributed by atoms with E-state index < -0.39 is 0 Å². The fraction of sp³-hybridized carbons (Fsp3) is 0.300. The largest absolute Gasteiger partial charge is 0.497 e. The lowest BCUT2D eigenvalue weighted by atomic mass is 10.2. The summed E-state index contributed by atoms with van der Waals surface area (Å²) in [6.07, 6.45) is 1.81. The normalized spacial score (nSPS) is 10.1. The summed E-state index contributed by atoms with van der Waals surface area (Å²) < 4.78 is 15.6. The van der Waals surface area contributed by atoms with Crippen LogP contribution in [-0.4, -0.2) is 32.2 Å². The van der Waals surface area contributed by atoms with Crippen molar-refractivity contribution < 1.29 is 23.8 Å². The Morgan fingerprint density at radius 3 is 2.23 bits per heavy atom. The maximum absolute atomic E-state index is 11.9. The third-order valence-corrected chi connectivity index (χ3v) is 3.56. The Balaban J connectivity index is 1.79.